The lowest BCUT2D eigenvalue weighted by Gasteiger charge is -2.19. The van der Waals surface area contributed by atoms with Gasteiger partial charge in [0.1, 0.15) is 5.58 Å². The first-order valence-corrected chi connectivity index (χ1v) is 8.31. The van der Waals surface area contributed by atoms with Gasteiger partial charge in [-0.3, -0.25) is 4.79 Å². The average Bonchev–Trinajstić information content (AvgIpc) is 3.08. The van der Waals surface area contributed by atoms with Crippen LogP contribution in [0.2, 0.25) is 4.34 Å². The van der Waals surface area contributed by atoms with Gasteiger partial charge in [0.15, 0.2) is 5.76 Å². The van der Waals surface area contributed by atoms with E-state index in [1.807, 2.05) is 50.2 Å². The fraction of sp³-hybridized carbons (Fsp3) is 0.235. The second-order valence-corrected chi connectivity index (χ2v) is 6.88. The van der Waals surface area contributed by atoms with Gasteiger partial charge in [-0.1, -0.05) is 29.8 Å². The molecule has 3 rings (SSSR count). The summed E-state index contributed by atoms with van der Waals surface area (Å²) in [6.45, 7) is 5.05. The largest absolute Gasteiger partial charge is 0.451 e. The zero-order valence-corrected chi connectivity index (χ0v) is 14.0. The Labute approximate surface area is 138 Å². The third-order valence-corrected chi connectivity index (χ3v) is 4.90. The van der Waals surface area contributed by atoms with Crippen molar-refractivity contribution in [3.8, 4) is 0 Å². The van der Waals surface area contributed by atoms with Crippen molar-refractivity contribution in [2.24, 2.45) is 0 Å². The Morgan fingerprint density at radius 2 is 2.05 bits per heavy atom. The molecule has 0 unspecified atom stereocenters. The minimum Gasteiger partial charge on any atom is -0.451 e. The summed E-state index contributed by atoms with van der Waals surface area (Å²) in [7, 11) is 0. The van der Waals surface area contributed by atoms with Crippen molar-refractivity contribution in [1.82, 2.24) is 4.90 Å². The molecule has 0 spiro atoms. The van der Waals surface area contributed by atoms with Crippen molar-refractivity contribution in [2.75, 3.05) is 6.54 Å². The van der Waals surface area contributed by atoms with Crippen molar-refractivity contribution in [3.05, 3.63) is 56.9 Å². The molecule has 3 aromatic rings. The van der Waals surface area contributed by atoms with Gasteiger partial charge in [-0.2, -0.15) is 0 Å². The van der Waals surface area contributed by atoms with Crippen LogP contribution in [0.25, 0.3) is 11.0 Å². The molecule has 3 nitrogen and oxygen atoms in total. The summed E-state index contributed by atoms with van der Waals surface area (Å²) in [6, 6.07) is 11.5. The van der Waals surface area contributed by atoms with Gasteiger partial charge in [0.2, 0.25) is 0 Å². The lowest BCUT2D eigenvalue weighted by atomic mass is 10.1. The van der Waals surface area contributed by atoms with E-state index in [4.69, 9.17) is 16.0 Å². The van der Waals surface area contributed by atoms with Gasteiger partial charge in [-0.15, -0.1) is 11.3 Å². The number of benzene rings is 1. The Morgan fingerprint density at radius 3 is 2.68 bits per heavy atom. The Bertz CT molecular complexity index is 821. The van der Waals surface area contributed by atoms with Gasteiger partial charge in [0.05, 0.1) is 10.9 Å². The van der Waals surface area contributed by atoms with Crippen molar-refractivity contribution in [3.63, 3.8) is 0 Å². The standard InChI is InChI=1S/C17H16ClNO2S/c1-3-19(10-12-8-9-15(18)22-12)17(20)16-11(2)13-6-4-5-7-14(13)21-16/h4-9H,3,10H2,1-2H3. The summed E-state index contributed by atoms with van der Waals surface area (Å²) in [5.74, 6) is 0.339. The lowest BCUT2D eigenvalue weighted by Crippen LogP contribution is -2.30. The topological polar surface area (TPSA) is 33.5 Å². The van der Waals surface area contributed by atoms with E-state index in [2.05, 4.69) is 0 Å². The van der Waals surface area contributed by atoms with Gasteiger partial charge in [-0.05, 0) is 32.0 Å². The van der Waals surface area contributed by atoms with Crippen molar-refractivity contribution in [2.45, 2.75) is 20.4 Å². The number of halogens is 1. The van der Waals surface area contributed by atoms with Crippen LogP contribution in [0.3, 0.4) is 0 Å². The van der Waals surface area contributed by atoms with Crippen LogP contribution in [0.4, 0.5) is 0 Å². The molecule has 5 heteroatoms. The van der Waals surface area contributed by atoms with Crippen LogP contribution in [0.1, 0.15) is 27.9 Å². The smallest absolute Gasteiger partial charge is 0.290 e. The lowest BCUT2D eigenvalue weighted by molar-refractivity contribution is 0.0723. The van der Waals surface area contributed by atoms with Crippen LogP contribution in [0, 0.1) is 6.92 Å². The zero-order chi connectivity index (χ0) is 15.7. The van der Waals surface area contributed by atoms with Crippen molar-refractivity contribution < 1.29 is 9.21 Å². The van der Waals surface area contributed by atoms with Crippen LogP contribution >= 0.6 is 22.9 Å². The molecule has 1 amide bonds. The molecule has 0 atom stereocenters. The van der Waals surface area contributed by atoms with Gasteiger partial charge in [0, 0.05) is 22.4 Å². The van der Waals surface area contributed by atoms with Gasteiger partial charge in [0.25, 0.3) is 5.91 Å². The Hall–Kier alpha value is -1.78. The number of carbonyl (C=O) groups is 1. The number of nitrogens with zero attached hydrogens (tertiary/aromatic N) is 1. The normalized spacial score (nSPS) is 11.0. The molecule has 0 saturated carbocycles. The Balaban J connectivity index is 1.91. The third-order valence-electron chi connectivity index (χ3n) is 3.68. The molecule has 1 aromatic carbocycles. The molecule has 114 valence electrons. The van der Waals surface area contributed by atoms with Crippen LogP contribution in [-0.2, 0) is 6.54 Å². The predicted molar refractivity (Wildman–Crippen MR) is 90.7 cm³/mol. The molecule has 0 aliphatic carbocycles. The zero-order valence-electron chi connectivity index (χ0n) is 12.4. The number of amides is 1. The average molecular weight is 334 g/mol. The second kappa shape index (κ2) is 6.15. The monoisotopic (exact) mass is 333 g/mol. The summed E-state index contributed by atoms with van der Waals surface area (Å²) in [5.41, 5.74) is 1.64. The number of carbonyl (C=O) groups excluding carboxylic acids is 1. The molecule has 0 radical (unpaired) electrons. The number of para-hydroxylation sites is 1. The van der Waals surface area contributed by atoms with Crippen molar-refractivity contribution >= 4 is 39.8 Å². The molecule has 0 fully saturated rings. The number of rotatable bonds is 4. The fourth-order valence-electron chi connectivity index (χ4n) is 2.47. The first kappa shape index (κ1) is 15.1. The van der Waals surface area contributed by atoms with E-state index in [9.17, 15) is 4.79 Å². The van der Waals surface area contributed by atoms with Gasteiger partial charge in [-0.25, -0.2) is 0 Å². The van der Waals surface area contributed by atoms with Crippen LogP contribution in [0.15, 0.2) is 40.8 Å². The molecule has 0 aliphatic rings. The molecular weight excluding hydrogens is 318 g/mol. The minimum atomic E-state index is -0.0827. The molecule has 0 aliphatic heterocycles. The first-order valence-electron chi connectivity index (χ1n) is 7.11. The van der Waals surface area contributed by atoms with E-state index in [0.29, 0.717) is 18.8 Å². The highest BCUT2D eigenvalue weighted by Crippen LogP contribution is 2.27. The summed E-state index contributed by atoms with van der Waals surface area (Å²) < 4.78 is 6.51. The van der Waals surface area contributed by atoms with Gasteiger partial charge < -0.3 is 9.32 Å². The summed E-state index contributed by atoms with van der Waals surface area (Å²) >= 11 is 7.45. The number of hydrogen-bond acceptors (Lipinski definition) is 3. The van der Waals surface area contributed by atoms with E-state index in [0.717, 1.165) is 25.7 Å². The molecule has 0 saturated heterocycles. The maximum Gasteiger partial charge on any atom is 0.290 e. The molecule has 2 heterocycles. The second-order valence-electron chi connectivity index (χ2n) is 5.08. The highest BCUT2D eigenvalue weighted by atomic mass is 35.5. The number of aryl methyl sites for hydroxylation is 1. The van der Waals surface area contributed by atoms with E-state index >= 15 is 0 Å². The molecule has 22 heavy (non-hydrogen) atoms. The maximum atomic E-state index is 12.8. The van der Waals surface area contributed by atoms with E-state index in [-0.39, 0.29) is 5.91 Å². The summed E-state index contributed by atoms with van der Waals surface area (Å²) in [6.07, 6.45) is 0. The predicted octanol–water partition coefficient (Wildman–Crippen LogP) is 5.12. The van der Waals surface area contributed by atoms with Gasteiger partial charge >= 0.3 is 0 Å². The number of furan rings is 1. The number of thiophene rings is 1. The minimum absolute atomic E-state index is 0.0827. The first-order chi connectivity index (χ1) is 10.6. The highest BCUT2D eigenvalue weighted by Gasteiger charge is 2.22. The van der Waals surface area contributed by atoms with Crippen LogP contribution in [-0.4, -0.2) is 17.4 Å². The van der Waals surface area contributed by atoms with Crippen molar-refractivity contribution in [1.29, 1.82) is 0 Å². The number of fused-ring (bicyclic) bond motifs is 1. The fourth-order valence-corrected chi connectivity index (χ4v) is 3.58. The molecule has 2 aromatic heterocycles. The molecule has 0 N–H and O–H groups in total. The Morgan fingerprint density at radius 1 is 1.27 bits per heavy atom. The van der Waals surface area contributed by atoms with E-state index in [1.54, 1.807) is 4.90 Å². The quantitative estimate of drug-likeness (QED) is 0.664. The van der Waals surface area contributed by atoms with Crippen LogP contribution < -0.4 is 0 Å². The van der Waals surface area contributed by atoms with E-state index in [1.165, 1.54) is 11.3 Å². The highest BCUT2D eigenvalue weighted by molar-refractivity contribution is 7.16. The molecular formula is C17H16ClNO2S. The third kappa shape index (κ3) is 2.76. The van der Waals surface area contributed by atoms with E-state index < -0.39 is 0 Å². The Kier molecular flexibility index (Phi) is 4.23. The summed E-state index contributed by atoms with van der Waals surface area (Å²) in [4.78, 5) is 15.6. The number of hydrogen-bond donors (Lipinski definition) is 0. The SMILES string of the molecule is CCN(Cc1ccc(Cl)s1)C(=O)c1oc2ccccc2c1C. The summed E-state index contributed by atoms with van der Waals surface area (Å²) in [5, 5.41) is 0.987. The molecule has 0 bridgehead atoms. The maximum absolute atomic E-state index is 12.8. The van der Waals surface area contributed by atoms with Crippen LogP contribution in [0.5, 0.6) is 0 Å².